The van der Waals surface area contributed by atoms with Gasteiger partial charge in [-0.05, 0) is 56.5 Å². The zero-order valence-electron chi connectivity index (χ0n) is 15.7. The molecule has 26 heavy (non-hydrogen) atoms. The highest BCUT2D eigenvalue weighted by Gasteiger charge is 2.30. The molecule has 0 saturated carbocycles. The van der Waals surface area contributed by atoms with Crippen LogP contribution in [0.15, 0.2) is 54.6 Å². The monoisotopic (exact) mass is 352 g/mol. The van der Waals surface area contributed by atoms with Crippen LogP contribution in [0, 0.1) is 5.92 Å². The van der Waals surface area contributed by atoms with Crippen LogP contribution in [-0.2, 0) is 4.79 Å². The zero-order chi connectivity index (χ0) is 18.4. The normalized spacial score (nSPS) is 16.8. The average molecular weight is 352 g/mol. The van der Waals surface area contributed by atoms with Crippen LogP contribution in [0.5, 0.6) is 5.75 Å². The zero-order valence-corrected chi connectivity index (χ0v) is 15.7. The van der Waals surface area contributed by atoms with Crippen LogP contribution in [0.3, 0.4) is 0 Å². The molecular weight excluding hydrogens is 324 g/mol. The van der Waals surface area contributed by atoms with Gasteiger partial charge in [0.1, 0.15) is 11.8 Å². The van der Waals surface area contributed by atoms with Crippen LogP contribution in [-0.4, -0.2) is 30.5 Å². The minimum absolute atomic E-state index is 0.00194. The molecule has 0 aromatic heterocycles. The van der Waals surface area contributed by atoms with Gasteiger partial charge in [-0.15, -0.1) is 0 Å². The largest absolute Gasteiger partial charge is 0.492 e. The van der Waals surface area contributed by atoms with Gasteiger partial charge in [-0.3, -0.25) is 9.69 Å². The third-order valence-corrected chi connectivity index (χ3v) is 4.99. The summed E-state index contributed by atoms with van der Waals surface area (Å²) >= 11 is 0. The number of amides is 1. The second kappa shape index (κ2) is 8.86. The fourth-order valence-corrected chi connectivity index (χ4v) is 3.50. The third-order valence-electron chi connectivity index (χ3n) is 4.99. The van der Waals surface area contributed by atoms with Crippen molar-refractivity contribution in [1.82, 2.24) is 4.90 Å². The molecule has 0 bridgehead atoms. The molecule has 0 radical (unpaired) electrons. The van der Waals surface area contributed by atoms with Gasteiger partial charge in [0.15, 0.2) is 0 Å². The summed E-state index contributed by atoms with van der Waals surface area (Å²) < 4.78 is 5.65. The molecule has 1 saturated heterocycles. The van der Waals surface area contributed by atoms with Crippen molar-refractivity contribution in [2.45, 2.75) is 32.7 Å². The molecule has 1 unspecified atom stereocenters. The SMILES string of the molecule is CCOc1ccccc1NC(=O)C(c1ccccc1)N1CCC(C)CC1. The molecule has 138 valence electrons. The highest BCUT2D eigenvalue weighted by Crippen LogP contribution is 2.30. The van der Waals surface area contributed by atoms with Crippen LogP contribution in [0.4, 0.5) is 5.69 Å². The van der Waals surface area contributed by atoms with E-state index in [1.54, 1.807) is 0 Å². The second-order valence-electron chi connectivity index (χ2n) is 6.95. The lowest BCUT2D eigenvalue weighted by atomic mass is 9.95. The second-order valence-corrected chi connectivity index (χ2v) is 6.95. The van der Waals surface area contributed by atoms with Gasteiger partial charge < -0.3 is 10.1 Å². The summed E-state index contributed by atoms with van der Waals surface area (Å²) in [5, 5.41) is 3.10. The Balaban J connectivity index is 1.84. The van der Waals surface area contributed by atoms with Crippen LogP contribution < -0.4 is 10.1 Å². The molecule has 3 rings (SSSR count). The maximum absolute atomic E-state index is 13.2. The van der Waals surface area contributed by atoms with Crippen LogP contribution in [0.2, 0.25) is 0 Å². The number of ether oxygens (including phenoxy) is 1. The lowest BCUT2D eigenvalue weighted by Crippen LogP contribution is -2.41. The van der Waals surface area contributed by atoms with Crippen molar-refractivity contribution in [1.29, 1.82) is 0 Å². The maximum atomic E-state index is 13.2. The Bertz CT molecular complexity index is 709. The number of piperidine rings is 1. The van der Waals surface area contributed by atoms with Crippen molar-refractivity contribution >= 4 is 11.6 Å². The maximum Gasteiger partial charge on any atom is 0.246 e. The summed E-state index contributed by atoms with van der Waals surface area (Å²) in [5.74, 6) is 1.43. The van der Waals surface area contributed by atoms with E-state index in [2.05, 4.69) is 17.1 Å². The quantitative estimate of drug-likeness (QED) is 0.832. The Morgan fingerprint density at radius 3 is 2.46 bits per heavy atom. The van der Waals surface area contributed by atoms with Gasteiger partial charge in [0.05, 0.1) is 12.3 Å². The molecule has 1 atom stereocenters. The Hall–Kier alpha value is -2.33. The van der Waals surface area contributed by atoms with Crippen LogP contribution >= 0.6 is 0 Å². The first-order valence-electron chi connectivity index (χ1n) is 9.50. The van der Waals surface area contributed by atoms with Gasteiger partial charge in [0.25, 0.3) is 0 Å². The van der Waals surface area contributed by atoms with Crippen molar-refractivity contribution in [3.05, 3.63) is 60.2 Å². The molecular formula is C22H28N2O2. The first kappa shape index (κ1) is 18.5. The molecule has 1 aliphatic rings. The number of anilines is 1. The standard InChI is InChI=1S/C22H28N2O2/c1-3-26-20-12-8-7-11-19(20)23-22(25)21(18-9-5-4-6-10-18)24-15-13-17(2)14-16-24/h4-12,17,21H,3,13-16H2,1-2H3,(H,23,25). The number of para-hydroxylation sites is 2. The van der Waals surface area contributed by atoms with E-state index in [0.717, 1.165) is 43.1 Å². The lowest BCUT2D eigenvalue weighted by molar-refractivity contribution is -0.122. The molecule has 0 aliphatic carbocycles. The van der Waals surface area contributed by atoms with E-state index in [1.165, 1.54) is 0 Å². The number of rotatable bonds is 6. The number of hydrogen-bond acceptors (Lipinski definition) is 3. The van der Waals surface area contributed by atoms with Crippen molar-refractivity contribution in [2.75, 3.05) is 25.0 Å². The molecule has 1 amide bonds. The molecule has 4 nitrogen and oxygen atoms in total. The molecule has 1 fully saturated rings. The molecule has 0 spiro atoms. The van der Waals surface area contributed by atoms with Gasteiger partial charge >= 0.3 is 0 Å². The fraction of sp³-hybridized carbons (Fsp3) is 0.409. The Kier molecular flexibility index (Phi) is 6.29. The van der Waals surface area contributed by atoms with E-state index < -0.39 is 0 Å². The number of benzene rings is 2. The van der Waals surface area contributed by atoms with E-state index in [-0.39, 0.29) is 11.9 Å². The summed E-state index contributed by atoms with van der Waals surface area (Å²) in [5.41, 5.74) is 1.76. The van der Waals surface area contributed by atoms with Crippen molar-refractivity contribution in [3.63, 3.8) is 0 Å². The number of carbonyl (C=O) groups excluding carboxylic acids is 1. The summed E-state index contributed by atoms with van der Waals surface area (Å²) in [7, 11) is 0. The number of carbonyl (C=O) groups is 1. The van der Waals surface area contributed by atoms with Gasteiger partial charge in [-0.1, -0.05) is 49.4 Å². The Morgan fingerprint density at radius 1 is 1.12 bits per heavy atom. The fourth-order valence-electron chi connectivity index (χ4n) is 3.50. The first-order chi connectivity index (χ1) is 12.7. The molecule has 2 aromatic carbocycles. The van der Waals surface area contributed by atoms with Crippen LogP contribution in [0.1, 0.15) is 38.3 Å². The Morgan fingerprint density at radius 2 is 1.77 bits per heavy atom. The summed E-state index contributed by atoms with van der Waals surface area (Å²) in [6.45, 7) is 6.69. The number of likely N-dealkylation sites (tertiary alicyclic amines) is 1. The summed E-state index contributed by atoms with van der Waals surface area (Å²) in [4.78, 5) is 15.5. The van der Waals surface area contributed by atoms with Gasteiger partial charge in [-0.25, -0.2) is 0 Å². The van der Waals surface area contributed by atoms with E-state index in [4.69, 9.17) is 4.74 Å². The van der Waals surface area contributed by atoms with E-state index in [1.807, 2.05) is 61.5 Å². The molecule has 1 aliphatic heterocycles. The highest BCUT2D eigenvalue weighted by atomic mass is 16.5. The van der Waals surface area contributed by atoms with Gasteiger partial charge in [-0.2, -0.15) is 0 Å². The van der Waals surface area contributed by atoms with Crippen molar-refractivity contribution < 1.29 is 9.53 Å². The number of nitrogens with zero attached hydrogens (tertiary/aromatic N) is 1. The van der Waals surface area contributed by atoms with E-state index in [0.29, 0.717) is 12.4 Å². The summed E-state index contributed by atoms with van der Waals surface area (Å²) in [6, 6.07) is 17.4. The van der Waals surface area contributed by atoms with E-state index in [9.17, 15) is 4.79 Å². The predicted octanol–water partition coefficient (Wildman–Crippen LogP) is 4.50. The highest BCUT2D eigenvalue weighted by molar-refractivity contribution is 5.96. The molecule has 1 heterocycles. The predicted molar refractivity (Wildman–Crippen MR) is 105 cm³/mol. The van der Waals surface area contributed by atoms with Gasteiger partial charge in [0.2, 0.25) is 5.91 Å². The lowest BCUT2D eigenvalue weighted by Gasteiger charge is -2.36. The number of hydrogen-bond donors (Lipinski definition) is 1. The smallest absolute Gasteiger partial charge is 0.246 e. The minimum Gasteiger partial charge on any atom is -0.492 e. The van der Waals surface area contributed by atoms with Gasteiger partial charge in [0, 0.05) is 0 Å². The minimum atomic E-state index is -0.279. The van der Waals surface area contributed by atoms with Crippen molar-refractivity contribution in [2.24, 2.45) is 5.92 Å². The first-order valence-corrected chi connectivity index (χ1v) is 9.50. The topological polar surface area (TPSA) is 41.6 Å². The molecule has 1 N–H and O–H groups in total. The van der Waals surface area contributed by atoms with E-state index >= 15 is 0 Å². The third kappa shape index (κ3) is 4.44. The molecule has 2 aromatic rings. The number of nitrogens with one attached hydrogen (secondary N) is 1. The molecule has 4 heteroatoms. The Labute approximate surface area is 156 Å². The van der Waals surface area contributed by atoms with Crippen LogP contribution in [0.25, 0.3) is 0 Å². The summed E-state index contributed by atoms with van der Waals surface area (Å²) in [6.07, 6.45) is 2.26. The van der Waals surface area contributed by atoms with Crippen molar-refractivity contribution in [3.8, 4) is 5.75 Å². The average Bonchev–Trinajstić information content (AvgIpc) is 2.66.